The number of rotatable bonds is 1. The largest absolute Gasteiger partial charge is 0.487 e. The monoisotopic (exact) mass is 326 g/mol. The zero-order valence-electron chi connectivity index (χ0n) is 15.5. The number of benzene rings is 1. The molecule has 0 bridgehead atoms. The molecule has 0 N–H and O–H groups in total. The quantitative estimate of drug-likeness (QED) is 0.604. The van der Waals surface area contributed by atoms with Crippen LogP contribution in [0.3, 0.4) is 0 Å². The average Bonchev–Trinajstić information content (AvgIpc) is 2.54. The SMILES string of the molecule is CC1=CC[C@H]([C@@]2(C)CC[C@@H]3[C@@H](O2)c2ccccc2OC3(C)C)CC1. The molecule has 0 spiro atoms. The molecule has 24 heavy (non-hydrogen) atoms. The van der Waals surface area contributed by atoms with Crippen LogP contribution in [0.1, 0.15) is 71.5 Å². The van der Waals surface area contributed by atoms with Crippen LogP contribution in [0.4, 0.5) is 0 Å². The Hall–Kier alpha value is -1.28. The second kappa shape index (κ2) is 5.62. The molecular formula is C22H30O2. The molecule has 0 saturated carbocycles. The Labute approximate surface area is 146 Å². The third-order valence-electron chi connectivity index (χ3n) is 6.71. The fraction of sp³-hybridized carbons (Fsp3) is 0.636. The van der Waals surface area contributed by atoms with Crippen molar-refractivity contribution < 1.29 is 9.47 Å². The smallest absolute Gasteiger partial charge is 0.125 e. The van der Waals surface area contributed by atoms with Gasteiger partial charge >= 0.3 is 0 Å². The molecule has 0 aromatic heterocycles. The van der Waals surface area contributed by atoms with Crippen LogP contribution in [0.25, 0.3) is 0 Å². The molecule has 2 nitrogen and oxygen atoms in total. The van der Waals surface area contributed by atoms with E-state index in [1.54, 1.807) is 5.57 Å². The molecule has 0 amide bonds. The third-order valence-corrected chi connectivity index (χ3v) is 6.71. The number of hydrogen-bond acceptors (Lipinski definition) is 2. The Morgan fingerprint density at radius 1 is 1.08 bits per heavy atom. The lowest BCUT2D eigenvalue weighted by Crippen LogP contribution is -2.53. The summed E-state index contributed by atoms with van der Waals surface area (Å²) >= 11 is 0. The van der Waals surface area contributed by atoms with Crippen LogP contribution in [0.15, 0.2) is 35.9 Å². The van der Waals surface area contributed by atoms with E-state index in [1.807, 2.05) is 0 Å². The van der Waals surface area contributed by atoms with Crippen molar-refractivity contribution >= 4 is 0 Å². The Kier molecular flexibility index (Phi) is 3.80. The van der Waals surface area contributed by atoms with Crippen LogP contribution < -0.4 is 4.74 Å². The van der Waals surface area contributed by atoms with Crippen molar-refractivity contribution in [3.63, 3.8) is 0 Å². The van der Waals surface area contributed by atoms with E-state index in [-0.39, 0.29) is 17.3 Å². The topological polar surface area (TPSA) is 18.5 Å². The third kappa shape index (κ3) is 2.60. The highest BCUT2D eigenvalue weighted by molar-refractivity contribution is 5.39. The molecule has 2 heteroatoms. The fourth-order valence-electron chi connectivity index (χ4n) is 5.00. The van der Waals surface area contributed by atoms with Gasteiger partial charge in [0.1, 0.15) is 11.4 Å². The van der Waals surface area contributed by atoms with Gasteiger partial charge in [-0.2, -0.15) is 0 Å². The van der Waals surface area contributed by atoms with Gasteiger partial charge in [0.15, 0.2) is 0 Å². The first-order valence-electron chi connectivity index (χ1n) is 9.50. The van der Waals surface area contributed by atoms with Gasteiger partial charge in [-0.15, -0.1) is 0 Å². The molecule has 4 atom stereocenters. The van der Waals surface area contributed by atoms with Crippen LogP contribution in [-0.4, -0.2) is 11.2 Å². The van der Waals surface area contributed by atoms with Crippen LogP contribution in [0, 0.1) is 11.8 Å². The normalized spacial score (nSPS) is 37.7. The molecule has 1 saturated heterocycles. The van der Waals surface area contributed by atoms with Gasteiger partial charge in [0.2, 0.25) is 0 Å². The zero-order valence-corrected chi connectivity index (χ0v) is 15.5. The first-order valence-corrected chi connectivity index (χ1v) is 9.50. The number of fused-ring (bicyclic) bond motifs is 3. The number of allylic oxidation sites excluding steroid dienone is 2. The maximum Gasteiger partial charge on any atom is 0.125 e. The van der Waals surface area contributed by atoms with Crippen LogP contribution >= 0.6 is 0 Å². The average molecular weight is 326 g/mol. The van der Waals surface area contributed by atoms with Crippen molar-refractivity contribution in [2.24, 2.45) is 11.8 Å². The predicted molar refractivity (Wildman–Crippen MR) is 97.2 cm³/mol. The van der Waals surface area contributed by atoms with Crippen molar-refractivity contribution in [2.75, 3.05) is 0 Å². The van der Waals surface area contributed by atoms with E-state index in [9.17, 15) is 0 Å². The van der Waals surface area contributed by atoms with E-state index in [4.69, 9.17) is 9.47 Å². The Balaban J connectivity index is 1.65. The van der Waals surface area contributed by atoms with Crippen LogP contribution in [-0.2, 0) is 4.74 Å². The molecule has 1 aliphatic carbocycles. The summed E-state index contributed by atoms with van der Waals surface area (Å²) in [5, 5.41) is 0. The second-order valence-corrected chi connectivity index (χ2v) is 8.76. The van der Waals surface area contributed by atoms with Crippen molar-refractivity contribution in [2.45, 2.75) is 77.1 Å². The second-order valence-electron chi connectivity index (χ2n) is 8.76. The summed E-state index contributed by atoms with van der Waals surface area (Å²) in [4.78, 5) is 0. The van der Waals surface area contributed by atoms with E-state index >= 15 is 0 Å². The summed E-state index contributed by atoms with van der Waals surface area (Å²) in [5.74, 6) is 2.08. The van der Waals surface area contributed by atoms with Gasteiger partial charge < -0.3 is 9.47 Å². The molecular weight excluding hydrogens is 296 g/mol. The van der Waals surface area contributed by atoms with Gasteiger partial charge in [-0.3, -0.25) is 0 Å². The summed E-state index contributed by atoms with van der Waals surface area (Å²) < 4.78 is 13.2. The van der Waals surface area contributed by atoms with E-state index in [0.29, 0.717) is 11.8 Å². The number of ether oxygens (including phenoxy) is 2. The summed E-state index contributed by atoms with van der Waals surface area (Å²) in [6.45, 7) is 9.06. The van der Waals surface area contributed by atoms with Gasteiger partial charge in [-0.05, 0) is 71.8 Å². The van der Waals surface area contributed by atoms with Crippen molar-refractivity contribution in [3.05, 3.63) is 41.5 Å². The van der Waals surface area contributed by atoms with E-state index in [2.05, 4.69) is 58.0 Å². The lowest BCUT2D eigenvalue weighted by Gasteiger charge is -2.54. The molecule has 1 aromatic carbocycles. The predicted octanol–water partition coefficient (Wildman–Crippen LogP) is 5.83. The highest BCUT2D eigenvalue weighted by Crippen LogP contribution is 2.55. The fourth-order valence-corrected chi connectivity index (χ4v) is 5.00. The van der Waals surface area contributed by atoms with Crippen molar-refractivity contribution in [1.29, 1.82) is 0 Å². The van der Waals surface area contributed by atoms with Gasteiger partial charge in [0.05, 0.1) is 11.7 Å². The lowest BCUT2D eigenvalue weighted by atomic mass is 9.68. The standard InChI is InChI=1S/C22H30O2/c1-15-9-11-16(12-10-15)22(4)14-13-18-20(24-22)17-7-5-6-8-19(17)23-21(18,2)3/h5-9,16,18,20H,10-14H2,1-4H3/t16-,18+,20-,22+/m0/s1. The van der Waals surface area contributed by atoms with Gasteiger partial charge in [0.25, 0.3) is 0 Å². The summed E-state index contributed by atoms with van der Waals surface area (Å²) in [6, 6.07) is 8.46. The zero-order chi connectivity index (χ0) is 16.9. The molecule has 3 aliphatic rings. The maximum absolute atomic E-state index is 6.91. The molecule has 130 valence electrons. The van der Waals surface area contributed by atoms with Crippen LogP contribution in [0.5, 0.6) is 5.75 Å². The lowest BCUT2D eigenvalue weighted by molar-refractivity contribution is -0.210. The molecule has 2 aliphatic heterocycles. The minimum atomic E-state index is -0.163. The summed E-state index contributed by atoms with van der Waals surface area (Å²) in [7, 11) is 0. The van der Waals surface area contributed by atoms with Gasteiger partial charge in [-0.25, -0.2) is 0 Å². The van der Waals surface area contributed by atoms with E-state index in [1.165, 1.54) is 31.2 Å². The van der Waals surface area contributed by atoms with Gasteiger partial charge in [0, 0.05) is 11.5 Å². The Bertz CT molecular complexity index is 660. The Morgan fingerprint density at radius 3 is 2.62 bits per heavy atom. The molecule has 1 aromatic rings. The molecule has 1 fully saturated rings. The highest BCUT2D eigenvalue weighted by Gasteiger charge is 2.52. The number of hydrogen-bond donors (Lipinski definition) is 0. The van der Waals surface area contributed by atoms with E-state index < -0.39 is 0 Å². The van der Waals surface area contributed by atoms with Crippen molar-refractivity contribution in [3.8, 4) is 5.75 Å². The minimum absolute atomic E-state index is 0.0150. The molecule has 0 unspecified atom stereocenters. The van der Waals surface area contributed by atoms with E-state index in [0.717, 1.165) is 12.2 Å². The summed E-state index contributed by atoms with van der Waals surface area (Å²) in [5.41, 5.74) is 2.61. The summed E-state index contributed by atoms with van der Waals surface area (Å²) in [6.07, 6.45) is 8.57. The molecule has 0 radical (unpaired) electrons. The minimum Gasteiger partial charge on any atom is -0.487 e. The number of para-hydroxylation sites is 1. The Morgan fingerprint density at radius 2 is 1.88 bits per heavy atom. The maximum atomic E-state index is 6.91. The van der Waals surface area contributed by atoms with Crippen LogP contribution in [0.2, 0.25) is 0 Å². The molecule has 2 heterocycles. The highest BCUT2D eigenvalue weighted by atomic mass is 16.5. The van der Waals surface area contributed by atoms with Crippen molar-refractivity contribution in [1.82, 2.24) is 0 Å². The van der Waals surface area contributed by atoms with Gasteiger partial charge in [-0.1, -0.05) is 29.8 Å². The first kappa shape index (κ1) is 16.2. The molecule has 4 rings (SSSR count). The first-order chi connectivity index (χ1) is 11.4.